The minimum atomic E-state index is -0.873. The lowest BCUT2D eigenvalue weighted by Gasteiger charge is -2.29. The number of benzene rings is 1. The Morgan fingerprint density at radius 3 is 2.83 bits per heavy atom. The van der Waals surface area contributed by atoms with E-state index in [-0.39, 0.29) is 40.3 Å². The second kappa shape index (κ2) is 12.8. The Kier molecular flexibility index (Phi) is 9.75. The molecule has 192 valence electrons. The number of anilines is 1. The largest absolute Gasteiger partial charge is 0.471 e. The molecule has 3 rings (SSSR count). The number of ether oxygens (including phenoxy) is 1. The Hall–Kier alpha value is -2.83. The van der Waals surface area contributed by atoms with Gasteiger partial charge in [0.05, 0.1) is 6.10 Å². The van der Waals surface area contributed by atoms with Gasteiger partial charge < -0.3 is 25.8 Å². The number of primary amides is 1. The minimum absolute atomic E-state index is 0.0414. The molecule has 12 heteroatoms. The minimum Gasteiger partial charge on any atom is -0.471 e. The van der Waals surface area contributed by atoms with Gasteiger partial charge in [0.25, 0.3) is 5.91 Å². The smallest absolute Gasteiger partial charge is 0.319 e. The zero-order chi connectivity index (χ0) is 25.4. The molecule has 9 nitrogen and oxygen atoms in total. The number of β-amino-alcohol motifs (C(OH)–C–C–N with tert-alkyl or cyclic N) is 1. The van der Waals surface area contributed by atoms with E-state index in [1.54, 1.807) is 0 Å². The maximum atomic E-state index is 14.0. The van der Waals surface area contributed by atoms with Crippen molar-refractivity contribution in [1.29, 1.82) is 0 Å². The van der Waals surface area contributed by atoms with Crippen molar-refractivity contribution in [3.63, 3.8) is 0 Å². The molecular weight excluding hydrogens is 480 g/mol. The first-order valence-electron chi connectivity index (χ1n) is 11.6. The van der Waals surface area contributed by atoms with Crippen LogP contribution in [0.3, 0.4) is 0 Å². The second-order valence-electron chi connectivity index (χ2n) is 8.58. The third kappa shape index (κ3) is 7.84. The molecule has 35 heavy (non-hydrogen) atoms. The number of amides is 3. The fraction of sp³-hybridized carbons (Fsp3) is 0.522. The summed E-state index contributed by atoms with van der Waals surface area (Å²) in [4.78, 5) is 26.4. The summed E-state index contributed by atoms with van der Waals surface area (Å²) in [5.41, 5.74) is 5.41. The van der Waals surface area contributed by atoms with Crippen LogP contribution >= 0.6 is 11.5 Å². The van der Waals surface area contributed by atoms with Crippen molar-refractivity contribution in [2.75, 3.05) is 31.5 Å². The van der Waals surface area contributed by atoms with Gasteiger partial charge in [-0.1, -0.05) is 6.42 Å². The summed E-state index contributed by atoms with van der Waals surface area (Å²) in [7, 11) is 0. The quantitative estimate of drug-likeness (QED) is 0.343. The number of unbranched alkanes of at least 4 members (excludes halogenated alkanes) is 2. The second-order valence-corrected chi connectivity index (χ2v) is 9.35. The van der Waals surface area contributed by atoms with Crippen LogP contribution in [0.1, 0.15) is 53.6 Å². The predicted molar refractivity (Wildman–Crippen MR) is 129 cm³/mol. The summed E-state index contributed by atoms with van der Waals surface area (Å²) in [6, 6.07) is 1.55. The van der Waals surface area contributed by atoms with Crippen LogP contribution in [0.25, 0.3) is 0 Å². The number of aryl methyl sites for hydroxylation is 1. The van der Waals surface area contributed by atoms with Crippen LogP contribution in [0.2, 0.25) is 0 Å². The normalized spacial score (nSPS) is 16.2. The van der Waals surface area contributed by atoms with Crippen molar-refractivity contribution in [1.82, 2.24) is 14.6 Å². The number of halogens is 2. The summed E-state index contributed by atoms with van der Waals surface area (Å²) < 4.78 is 37.2. The van der Waals surface area contributed by atoms with Gasteiger partial charge in [-0.3, -0.25) is 10.1 Å². The standard InChI is InChI=1S/C23H31F2N5O4S/c1-14-10-18(25)15(11-17(14)24)13-34-21-19(20(26)32)22(35-29-21)28-23(33)27-7-3-2-4-8-30-9-5-6-16(31)12-30/h10-11,16,31H,2-9,12-13H2,1H3,(H2,26,32)(H2,27,28,33). The highest BCUT2D eigenvalue weighted by atomic mass is 32.1. The van der Waals surface area contributed by atoms with E-state index in [2.05, 4.69) is 19.9 Å². The molecule has 1 aliphatic heterocycles. The molecule has 1 saturated heterocycles. The van der Waals surface area contributed by atoms with Gasteiger partial charge in [0.1, 0.15) is 28.8 Å². The zero-order valence-electron chi connectivity index (χ0n) is 19.6. The first-order chi connectivity index (χ1) is 16.7. The number of nitrogens with zero attached hydrogens (tertiary/aromatic N) is 2. The lowest BCUT2D eigenvalue weighted by Crippen LogP contribution is -2.38. The van der Waals surface area contributed by atoms with Gasteiger partial charge >= 0.3 is 6.03 Å². The molecule has 1 unspecified atom stereocenters. The van der Waals surface area contributed by atoms with Gasteiger partial charge in [0, 0.05) is 18.7 Å². The Bertz CT molecular complexity index is 1040. The van der Waals surface area contributed by atoms with Crippen LogP contribution in [0, 0.1) is 18.6 Å². The van der Waals surface area contributed by atoms with Crippen LogP contribution in [-0.4, -0.2) is 58.6 Å². The molecule has 0 radical (unpaired) electrons. The van der Waals surface area contributed by atoms with Crippen LogP contribution in [0.4, 0.5) is 18.6 Å². The molecule has 1 aliphatic rings. The Balaban J connectivity index is 1.44. The van der Waals surface area contributed by atoms with Gasteiger partial charge in [-0.2, -0.15) is 4.37 Å². The number of urea groups is 1. The Morgan fingerprint density at radius 2 is 2.09 bits per heavy atom. The maximum Gasteiger partial charge on any atom is 0.319 e. The van der Waals surface area contributed by atoms with Crippen molar-refractivity contribution in [2.45, 2.75) is 51.7 Å². The number of nitrogens with two attached hydrogens (primary N) is 1. The number of nitrogens with one attached hydrogen (secondary N) is 2. The number of piperidine rings is 1. The molecule has 0 bridgehead atoms. The summed E-state index contributed by atoms with van der Waals surface area (Å²) >= 11 is 0.800. The van der Waals surface area contributed by atoms with Gasteiger partial charge in [0.2, 0.25) is 5.88 Å². The molecule has 3 amide bonds. The zero-order valence-corrected chi connectivity index (χ0v) is 20.4. The van der Waals surface area contributed by atoms with Gasteiger partial charge in [-0.05, 0) is 74.9 Å². The van der Waals surface area contributed by atoms with E-state index < -0.39 is 23.6 Å². The molecule has 0 aliphatic carbocycles. The monoisotopic (exact) mass is 511 g/mol. The molecule has 1 atom stereocenters. The highest BCUT2D eigenvalue weighted by Gasteiger charge is 2.22. The molecule has 5 N–H and O–H groups in total. The van der Waals surface area contributed by atoms with Crippen molar-refractivity contribution in [3.8, 4) is 5.88 Å². The van der Waals surface area contributed by atoms with Crippen molar-refractivity contribution in [3.05, 3.63) is 40.5 Å². The van der Waals surface area contributed by atoms with Crippen molar-refractivity contribution >= 4 is 28.5 Å². The average Bonchev–Trinajstić information content (AvgIpc) is 3.20. The number of aliphatic hydroxyl groups is 1. The number of likely N-dealkylation sites (tertiary alicyclic amines) is 1. The number of carbonyl (C=O) groups excluding carboxylic acids is 2. The fourth-order valence-electron chi connectivity index (χ4n) is 3.84. The number of hydrogen-bond acceptors (Lipinski definition) is 7. The van der Waals surface area contributed by atoms with Gasteiger partial charge in [0.15, 0.2) is 0 Å². The average molecular weight is 512 g/mol. The van der Waals surface area contributed by atoms with Crippen LogP contribution in [0.5, 0.6) is 5.88 Å². The number of rotatable bonds is 11. The molecule has 2 aromatic rings. The molecule has 1 aromatic heterocycles. The van der Waals surface area contributed by atoms with E-state index in [9.17, 15) is 23.5 Å². The Labute approximate surface area is 206 Å². The lowest BCUT2D eigenvalue weighted by atomic mass is 10.1. The van der Waals surface area contributed by atoms with Crippen molar-refractivity contribution in [2.24, 2.45) is 5.73 Å². The summed E-state index contributed by atoms with van der Waals surface area (Å²) in [6.07, 6.45) is 4.33. The highest BCUT2D eigenvalue weighted by Crippen LogP contribution is 2.31. The Morgan fingerprint density at radius 1 is 1.29 bits per heavy atom. The highest BCUT2D eigenvalue weighted by molar-refractivity contribution is 7.11. The third-order valence-electron chi connectivity index (χ3n) is 5.74. The topological polar surface area (TPSA) is 130 Å². The molecule has 2 heterocycles. The number of hydrogen-bond donors (Lipinski definition) is 4. The van der Waals surface area contributed by atoms with Gasteiger partial charge in [-0.15, -0.1) is 0 Å². The molecule has 1 fully saturated rings. The van der Waals surface area contributed by atoms with E-state index in [1.165, 1.54) is 6.92 Å². The first kappa shape index (κ1) is 26.8. The maximum absolute atomic E-state index is 14.0. The van der Waals surface area contributed by atoms with Crippen LogP contribution in [0.15, 0.2) is 12.1 Å². The fourth-order valence-corrected chi connectivity index (χ4v) is 4.58. The van der Waals surface area contributed by atoms with Gasteiger partial charge in [-0.25, -0.2) is 13.6 Å². The molecule has 0 spiro atoms. The SMILES string of the molecule is Cc1cc(F)c(COc2nsc(NC(=O)NCCCCCN3CCCC(O)C3)c2C(N)=O)cc1F. The van der Waals surface area contributed by atoms with Crippen LogP contribution < -0.4 is 21.1 Å². The van der Waals surface area contributed by atoms with E-state index in [1.807, 2.05) is 0 Å². The van der Waals surface area contributed by atoms with E-state index in [0.29, 0.717) is 6.54 Å². The molecule has 0 saturated carbocycles. The number of aliphatic hydroxyl groups excluding tert-OH is 1. The van der Waals surface area contributed by atoms with E-state index in [0.717, 1.165) is 75.4 Å². The predicted octanol–water partition coefficient (Wildman–Crippen LogP) is 3.16. The van der Waals surface area contributed by atoms with Crippen LogP contribution in [-0.2, 0) is 6.61 Å². The number of carbonyl (C=O) groups is 2. The molecular formula is C23H31F2N5O4S. The summed E-state index contributed by atoms with van der Waals surface area (Å²) in [6.45, 7) is 4.18. The first-order valence-corrected chi connectivity index (χ1v) is 12.3. The van der Waals surface area contributed by atoms with Crippen molar-refractivity contribution < 1.29 is 28.2 Å². The van der Waals surface area contributed by atoms with E-state index in [4.69, 9.17) is 10.5 Å². The summed E-state index contributed by atoms with van der Waals surface area (Å²) in [5, 5.41) is 15.1. The summed E-state index contributed by atoms with van der Waals surface area (Å²) in [5.74, 6) is -2.27. The lowest BCUT2D eigenvalue weighted by molar-refractivity contribution is 0.0698. The van der Waals surface area contributed by atoms with E-state index >= 15 is 0 Å². The number of aromatic nitrogens is 1. The molecule has 1 aromatic carbocycles. The third-order valence-corrected chi connectivity index (χ3v) is 6.49.